The Kier molecular flexibility index (Phi) is 6.32. The summed E-state index contributed by atoms with van der Waals surface area (Å²) in [7, 11) is 6.18. The van der Waals surface area contributed by atoms with E-state index in [1.165, 1.54) is 5.69 Å². The van der Waals surface area contributed by atoms with Crippen molar-refractivity contribution in [3.63, 3.8) is 0 Å². The van der Waals surface area contributed by atoms with Crippen molar-refractivity contribution in [1.82, 2.24) is 20.0 Å². The van der Waals surface area contributed by atoms with Gasteiger partial charge in [0.1, 0.15) is 0 Å². The van der Waals surface area contributed by atoms with E-state index < -0.39 is 0 Å². The molecule has 0 bridgehead atoms. The van der Waals surface area contributed by atoms with E-state index in [0.717, 1.165) is 24.1 Å². The lowest BCUT2D eigenvalue weighted by Crippen LogP contribution is -2.25. The standard InChI is InChI=1S/C13H25BrN4/c1-10(8-15-3)11(2)13-12(14)9-16-18(13)7-6-17(4)5/h9-11,15H,6-8H2,1-5H3. The van der Waals surface area contributed by atoms with Gasteiger partial charge < -0.3 is 10.2 Å². The maximum absolute atomic E-state index is 4.47. The summed E-state index contributed by atoms with van der Waals surface area (Å²) in [6.07, 6.45) is 1.91. The second-order valence-electron chi connectivity index (χ2n) is 5.23. The summed E-state index contributed by atoms with van der Waals surface area (Å²) in [4.78, 5) is 2.18. The molecular formula is C13H25BrN4. The van der Waals surface area contributed by atoms with Gasteiger partial charge in [0.05, 0.1) is 22.9 Å². The summed E-state index contributed by atoms with van der Waals surface area (Å²) in [5.74, 6) is 1.07. The monoisotopic (exact) mass is 316 g/mol. The first-order valence-corrected chi connectivity index (χ1v) is 7.27. The summed E-state index contributed by atoms with van der Waals surface area (Å²) < 4.78 is 3.25. The molecule has 0 aliphatic rings. The molecule has 0 spiro atoms. The van der Waals surface area contributed by atoms with Crippen LogP contribution in [0.3, 0.4) is 0 Å². The van der Waals surface area contributed by atoms with Crippen LogP contribution in [0.4, 0.5) is 0 Å². The number of likely N-dealkylation sites (N-methyl/N-ethyl adjacent to an activating group) is 1. The molecule has 1 heterocycles. The summed E-state index contributed by atoms with van der Waals surface area (Å²) in [6.45, 7) is 7.51. The fraction of sp³-hybridized carbons (Fsp3) is 0.769. The summed E-state index contributed by atoms with van der Waals surface area (Å²) in [5.41, 5.74) is 1.31. The van der Waals surface area contributed by atoms with E-state index >= 15 is 0 Å². The highest BCUT2D eigenvalue weighted by atomic mass is 79.9. The fourth-order valence-corrected chi connectivity index (χ4v) is 2.72. The molecule has 1 N–H and O–H groups in total. The third-order valence-electron chi connectivity index (χ3n) is 3.40. The molecule has 1 aromatic heterocycles. The highest BCUT2D eigenvalue weighted by molar-refractivity contribution is 9.10. The molecule has 18 heavy (non-hydrogen) atoms. The lowest BCUT2D eigenvalue weighted by molar-refractivity contribution is 0.358. The molecule has 0 amide bonds. The number of hydrogen-bond acceptors (Lipinski definition) is 3. The van der Waals surface area contributed by atoms with Crippen molar-refractivity contribution in [1.29, 1.82) is 0 Å². The first-order valence-electron chi connectivity index (χ1n) is 6.47. The van der Waals surface area contributed by atoms with E-state index in [1.807, 2.05) is 13.2 Å². The van der Waals surface area contributed by atoms with Gasteiger partial charge in [0, 0.05) is 12.5 Å². The normalized spacial score (nSPS) is 15.1. The molecule has 1 aromatic rings. The van der Waals surface area contributed by atoms with Crippen molar-refractivity contribution >= 4 is 15.9 Å². The van der Waals surface area contributed by atoms with Gasteiger partial charge in [-0.15, -0.1) is 0 Å². The third kappa shape index (κ3) is 4.07. The average Bonchev–Trinajstić information content (AvgIpc) is 2.67. The second kappa shape index (κ2) is 7.26. The number of nitrogens with zero attached hydrogens (tertiary/aromatic N) is 3. The predicted octanol–water partition coefficient (Wildman–Crippen LogP) is 2.17. The minimum absolute atomic E-state index is 0.483. The molecule has 1 rings (SSSR count). The van der Waals surface area contributed by atoms with Gasteiger partial charge in [-0.25, -0.2) is 0 Å². The van der Waals surface area contributed by atoms with E-state index in [-0.39, 0.29) is 0 Å². The van der Waals surface area contributed by atoms with Gasteiger partial charge in [-0.3, -0.25) is 4.68 Å². The molecular weight excluding hydrogens is 292 g/mol. The van der Waals surface area contributed by atoms with E-state index in [0.29, 0.717) is 11.8 Å². The average molecular weight is 317 g/mol. The Morgan fingerprint density at radius 2 is 2.11 bits per heavy atom. The molecule has 0 aliphatic carbocycles. The second-order valence-corrected chi connectivity index (χ2v) is 6.08. The highest BCUT2D eigenvalue weighted by Gasteiger charge is 2.21. The van der Waals surface area contributed by atoms with Gasteiger partial charge in [-0.05, 0) is 49.5 Å². The molecule has 0 saturated carbocycles. The van der Waals surface area contributed by atoms with E-state index in [4.69, 9.17) is 0 Å². The Morgan fingerprint density at radius 3 is 2.67 bits per heavy atom. The van der Waals surface area contributed by atoms with Crippen LogP contribution in [0.5, 0.6) is 0 Å². The lowest BCUT2D eigenvalue weighted by Gasteiger charge is -2.22. The molecule has 0 saturated heterocycles. The molecule has 0 aliphatic heterocycles. The number of halogens is 1. The molecule has 2 unspecified atom stereocenters. The van der Waals surface area contributed by atoms with Crippen LogP contribution in [0, 0.1) is 5.92 Å². The summed E-state index contributed by atoms with van der Waals surface area (Å²) in [5, 5.41) is 7.72. The zero-order chi connectivity index (χ0) is 13.7. The molecule has 5 heteroatoms. The lowest BCUT2D eigenvalue weighted by atomic mass is 9.92. The molecule has 4 nitrogen and oxygen atoms in total. The zero-order valence-electron chi connectivity index (χ0n) is 12.1. The van der Waals surface area contributed by atoms with Crippen LogP contribution < -0.4 is 5.32 Å². The SMILES string of the molecule is CNCC(C)C(C)c1c(Br)cnn1CCN(C)C. The quantitative estimate of drug-likeness (QED) is 0.837. The smallest absolute Gasteiger partial charge is 0.0635 e. The molecule has 2 atom stereocenters. The van der Waals surface area contributed by atoms with Gasteiger partial charge in [0.2, 0.25) is 0 Å². The third-order valence-corrected chi connectivity index (χ3v) is 4.01. The van der Waals surface area contributed by atoms with Gasteiger partial charge in [-0.1, -0.05) is 13.8 Å². The highest BCUT2D eigenvalue weighted by Crippen LogP contribution is 2.29. The van der Waals surface area contributed by atoms with Crippen LogP contribution >= 0.6 is 15.9 Å². The topological polar surface area (TPSA) is 33.1 Å². The summed E-state index contributed by atoms with van der Waals surface area (Å²) in [6, 6.07) is 0. The Balaban J connectivity index is 2.82. The minimum atomic E-state index is 0.483. The fourth-order valence-electron chi connectivity index (χ4n) is 2.07. The van der Waals surface area contributed by atoms with Crippen LogP contribution in [0.2, 0.25) is 0 Å². The van der Waals surface area contributed by atoms with Gasteiger partial charge in [-0.2, -0.15) is 5.10 Å². The van der Waals surface area contributed by atoms with E-state index in [2.05, 4.69) is 63.9 Å². The maximum Gasteiger partial charge on any atom is 0.0635 e. The first-order chi connectivity index (χ1) is 8.47. The van der Waals surface area contributed by atoms with Crippen LogP contribution in [-0.4, -0.2) is 48.9 Å². The first kappa shape index (κ1) is 15.7. The van der Waals surface area contributed by atoms with Crippen molar-refractivity contribution in [3.8, 4) is 0 Å². The van der Waals surface area contributed by atoms with E-state index in [1.54, 1.807) is 0 Å². The van der Waals surface area contributed by atoms with Crippen molar-refractivity contribution in [3.05, 3.63) is 16.4 Å². The van der Waals surface area contributed by atoms with Crippen molar-refractivity contribution in [2.24, 2.45) is 5.92 Å². The molecule has 0 aromatic carbocycles. The number of rotatable bonds is 7. The predicted molar refractivity (Wildman–Crippen MR) is 80.0 cm³/mol. The van der Waals surface area contributed by atoms with Crippen LogP contribution in [0.15, 0.2) is 10.7 Å². The largest absolute Gasteiger partial charge is 0.319 e. The van der Waals surface area contributed by atoms with Gasteiger partial charge >= 0.3 is 0 Å². The Morgan fingerprint density at radius 1 is 1.44 bits per heavy atom. The number of hydrogen-bond donors (Lipinski definition) is 1. The zero-order valence-corrected chi connectivity index (χ0v) is 13.7. The Bertz CT molecular complexity index is 362. The summed E-state index contributed by atoms with van der Waals surface area (Å²) >= 11 is 3.63. The van der Waals surface area contributed by atoms with E-state index in [9.17, 15) is 0 Å². The Hall–Kier alpha value is -0.390. The molecule has 104 valence electrons. The molecule has 0 radical (unpaired) electrons. The van der Waals surface area contributed by atoms with Crippen LogP contribution in [0.1, 0.15) is 25.5 Å². The van der Waals surface area contributed by atoms with Gasteiger partial charge in [0.25, 0.3) is 0 Å². The Labute approximate surface area is 119 Å². The van der Waals surface area contributed by atoms with Crippen LogP contribution in [-0.2, 0) is 6.54 Å². The maximum atomic E-state index is 4.47. The minimum Gasteiger partial charge on any atom is -0.319 e. The van der Waals surface area contributed by atoms with Gasteiger partial charge in [0.15, 0.2) is 0 Å². The number of nitrogens with one attached hydrogen (secondary N) is 1. The number of aromatic nitrogens is 2. The van der Waals surface area contributed by atoms with Crippen molar-refractivity contribution in [2.75, 3.05) is 34.2 Å². The molecule has 0 fully saturated rings. The van der Waals surface area contributed by atoms with Crippen LogP contribution in [0.25, 0.3) is 0 Å². The van der Waals surface area contributed by atoms with Crippen molar-refractivity contribution < 1.29 is 0 Å². The van der Waals surface area contributed by atoms with Crippen molar-refractivity contribution in [2.45, 2.75) is 26.3 Å².